The average molecular weight is 208 g/mol. The third kappa shape index (κ3) is 1.79. The predicted molar refractivity (Wildman–Crippen MR) is 57.0 cm³/mol. The molecule has 0 saturated heterocycles. The molecule has 1 aliphatic rings. The molecule has 2 atom stereocenters. The Labute approximate surface area is 89.6 Å². The Morgan fingerprint density at radius 3 is 2.60 bits per heavy atom. The minimum absolute atomic E-state index is 0.479. The summed E-state index contributed by atoms with van der Waals surface area (Å²) in [5.41, 5.74) is 0.845. The Morgan fingerprint density at radius 1 is 1.33 bits per heavy atom. The van der Waals surface area contributed by atoms with Gasteiger partial charge in [-0.2, -0.15) is 0 Å². The predicted octanol–water partition coefficient (Wildman–Crippen LogP) is 2.64. The third-order valence-corrected chi connectivity index (χ3v) is 2.74. The zero-order valence-electron chi connectivity index (χ0n) is 9.28. The summed E-state index contributed by atoms with van der Waals surface area (Å²) >= 11 is 0. The van der Waals surface area contributed by atoms with E-state index in [0.29, 0.717) is 0 Å². The van der Waals surface area contributed by atoms with Gasteiger partial charge in [-0.3, -0.25) is 0 Å². The summed E-state index contributed by atoms with van der Waals surface area (Å²) in [5.74, 6) is 0.918. The van der Waals surface area contributed by atoms with Crippen LogP contribution in [0.5, 0.6) is 11.5 Å². The van der Waals surface area contributed by atoms with Crippen molar-refractivity contribution >= 4 is 0 Å². The molecule has 3 nitrogen and oxygen atoms in total. The van der Waals surface area contributed by atoms with Crippen molar-refractivity contribution in [2.45, 2.75) is 39.1 Å². The lowest BCUT2D eigenvalue weighted by Gasteiger charge is -2.20. The highest BCUT2D eigenvalue weighted by atomic mass is 16.7. The summed E-state index contributed by atoms with van der Waals surface area (Å²) in [6.45, 7) is 5.66. The van der Waals surface area contributed by atoms with Crippen LogP contribution in [0.1, 0.15) is 38.9 Å². The van der Waals surface area contributed by atoms with Crippen molar-refractivity contribution in [1.82, 2.24) is 0 Å². The summed E-state index contributed by atoms with van der Waals surface area (Å²) < 4.78 is 11.4. The van der Waals surface area contributed by atoms with E-state index in [4.69, 9.17) is 9.47 Å². The minimum atomic E-state index is -0.556. The van der Waals surface area contributed by atoms with E-state index in [2.05, 4.69) is 0 Å². The topological polar surface area (TPSA) is 38.7 Å². The van der Waals surface area contributed by atoms with Gasteiger partial charge in [-0.15, -0.1) is 0 Å². The second kappa shape index (κ2) is 3.42. The maximum atomic E-state index is 9.45. The quantitative estimate of drug-likeness (QED) is 0.812. The van der Waals surface area contributed by atoms with Crippen LogP contribution < -0.4 is 9.47 Å². The lowest BCUT2D eigenvalue weighted by Crippen LogP contribution is -2.33. The standard InChI is InChI=1S/C12H16O3/c1-4-12(3)14-10-6-5-9(8(2)13)7-11(10)15-12/h5-8,13H,4H2,1-3H3. The van der Waals surface area contributed by atoms with E-state index in [1.165, 1.54) is 0 Å². The Morgan fingerprint density at radius 2 is 2.00 bits per heavy atom. The number of aliphatic hydroxyl groups excluding tert-OH is 1. The Hall–Kier alpha value is -1.22. The lowest BCUT2D eigenvalue weighted by atomic mass is 10.1. The van der Waals surface area contributed by atoms with Gasteiger partial charge in [0.2, 0.25) is 5.79 Å². The van der Waals surface area contributed by atoms with Gasteiger partial charge in [-0.25, -0.2) is 0 Å². The Kier molecular flexibility index (Phi) is 2.35. The molecule has 3 heteroatoms. The van der Waals surface area contributed by atoms with Crippen LogP contribution in [0.25, 0.3) is 0 Å². The van der Waals surface area contributed by atoms with Crippen molar-refractivity contribution in [2.75, 3.05) is 0 Å². The van der Waals surface area contributed by atoms with Crippen LogP contribution in [0.2, 0.25) is 0 Å². The number of fused-ring (bicyclic) bond motifs is 1. The zero-order valence-corrected chi connectivity index (χ0v) is 9.28. The number of aliphatic hydroxyl groups is 1. The monoisotopic (exact) mass is 208 g/mol. The third-order valence-electron chi connectivity index (χ3n) is 2.74. The van der Waals surface area contributed by atoms with Gasteiger partial charge < -0.3 is 14.6 Å². The van der Waals surface area contributed by atoms with Gasteiger partial charge in [0.1, 0.15) is 0 Å². The number of rotatable bonds is 2. The van der Waals surface area contributed by atoms with E-state index in [-0.39, 0.29) is 0 Å². The molecule has 0 radical (unpaired) electrons. The van der Waals surface area contributed by atoms with Crippen molar-refractivity contribution in [2.24, 2.45) is 0 Å². The molecule has 1 aromatic carbocycles. The summed E-state index contributed by atoms with van der Waals surface area (Å²) in [6, 6.07) is 5.54. The molecule has 1 heterocycles. The molecule has 2 unspecified atom stereocenters. The fraction of sp³-hybridized carbons (Fsp3) is 0.500. The highest BCUT2D eigenvalue weighted by Gasteiger charge is 2.34. The summed E-state index contributed by atoms with van der Waals surface area (Å²) in [6.07, 6.45) is 0.304. The van der Waals surface area contributed by atoms with Gasteiger partial charge in [0.25, 0.3) is 0 Å². The molecule has 0 spiro atoms. The second-order valence-electron chi connectivity index (χ2n) is 4.07. The molecular weight excluding hydrogens is 192 g/mol. The molecule has 1 aromatic rings. The molecule has 0 bridgehead atoms. The normalized spacial score (nSPS) is 25.3. The van der Waals surface area contributed by atoms with Gasteiger partial charge in [0.05, 0.1) is 6.10 Å². The van der Waals surface area contributed by atoms with Gasteiger partial charge in [0, 0.05) is 13.3 Å². The van der Waals surface area contributed by atoms with Gasteiger partial charge in [-0.1, -0.05) is 13.0 Å². The van der Waals surface area contributed by atoms with Crippen molar-refractivity contribution in [3.63, 3.8) is 0 Å². The van der Waals surface area contributed by atoms with Gasteiger partial charge in [-0.05, 0) is 24.6 Å². The molecule has 0 aromatic heterocycles. The molecule has 2 rings (SSSR count). The average Bonchev–Trinajstić information content (AvgIpc) is 2.53. The van der Waals surface area contributed by atoms with Gasteiger partial charge >= 0.3 is 0 Å². The Bertz CT molecular complexity index is 373. The van der Waals surface area contributed by atoms with Crippen molar-refractivity contribution in [3.8, 4) is 11.5 Å². The van der Waals surface area contributed by atoms with Crippen LogP contribution >= 0.6 is 0 Å². The van der Waals surface area contributed by atoms with E-state index in [9.17, 15) is 5.11 Å². The molecule has 0 saturated carbocycles. The highest BCUT2D eigenvalue weighted by molar-refractivity contribution is 5.46. The summed E-state index contributed by atoms with van der Waals surface area (Å²) in [7, 11) is 0. The first-order valence-electron chi connectivity index (χ1n) is 5.24. The first-order chi connectivity index (χ1) is 7.04. The Balaban J connectivity index is 2.31. The van der Waals surface area contributed by atoms with Crippen LogP contribution in [-0.2, 0) is 0 Å². The van der Waals surface area contributed by atoms with Crippen LogP contribution in [0, 0.1) is 0 Å². The van der Waals surface area contributed by atoms with Gasteiger partial charge in [0.15, 0.2) is 11.5 Å². The van der Waals surface area contributed by atoms with Crippen molar-refractivity contribution < 1.29 is 14.6 Å². The number of benzene rings is 1. The molecule has 0 amide bonds. The molecule has 15 heavy (non-hydrogen) atoms. The molecule has 82 valence electrons. The van der Waals surface area contributed by atoms with E-state index < -0.39 is 11.9 Å². The molecule has 0 aliphatic carbocycles. The van der Waals surface area contributed by atoms with Crippen LogP contribution in [0.3, 0.4) is 0 Å². The first kappa shape index (κ1) is 10.3. The number of hydrogen-bond donors (Lipinski definition) is 1. The first-order valence-corrected chi connectivity index (χ1v) is 5.24. The van der Waals surface area contributed by atoms with E-state index in [1.54, 1.807) is 6.92 Å². The lowest BCUT2D eigenvalue weighted by molar-refractivity contribution is -0.0640. The van der Waals surface area contributed by atoms with Crippen molar-refractivity contribution in [1.29, 1.82) is 0 Å². The van der Waals surface area contributed by atoms with E-state index in [1.807, 2.05) is 32.0 Å². The maximum Gasteiger partial charge on any atom is 0.248 e. The number of hydrogen-bond acceptors (Lipinski definition) is 3. The molecular formula is C12H16O3. The fourth-order valence-corrected chi connectivity index (χ4v) is 1.58. The van der Waals surface area contributed by atoms with Crippen LogP contribution in [0.15, 0.2) is 18.2 Å². The van der Waals surface area contributed by atoms with Crippen molar-refractivity contribution in [3.05, 3.63) is 23.8 Å². The van der Waals surface area contributed by atoms with Crippen LogP contribution in [-0.4, -0.2) is 10.9 Å². The smallest absolute Gasteiger partial charge is 0.248 e. The zero-order chi connectivity index (χ0) is 11.1. The molecule has 0 fully saturated rings. The molecule has 1 N–H and O–H groups in total. The number of ether oxygens (including phenoxy) is 2. The summed E-state index contributed by atoms with van der Waals surface area (Å²) in [5, 5.41) is 9.45. The molecule has 1 aliphatic heterocycles. The highest BCUT2D eigenvalue weighted by Crippen LogP contribution is 2.41. The SMILES string of the molecule is CCC1(C)Oc2ccc(C(C)O)cc2O1. The van der Waals surface area contributed by atoms with E-state index >= 15 is 0 Å². The minimum Gasteiger partial charge on any atom is -0.449 e. The largest absolute Gasteiger partial charge is 0.449 e. The summed E-state index contributed by atoms with van der Waals surface area (Å²) in [4.78, 5) is 0. The second-order valence-corrected chi connectivity index (χ2v) is 4.07. The van der Waals surface area contributed by atoms with E-state index in [0.717, 1.165) is 23.5 Å². The fourth-order valence-electron chi connectivity index (χ4n) is 1.58. The maximum absolute atomic E-state index is 9.45. The van der Waals surface area contributed by atoms with Crippen LogP contribution in [0.4, 0.5) is 0 Å².